The van der Waals surface area contributed by atoms with Crippen molar-refractivity contribution in [2.45, 2.75) is 25.7 Å². The van der Waals surface area contributed by atoms with Crippen LogP contribution in [0.5, 0.6) is 0 Å². The van der Waals surface area contributed by atoms with Gasteiger partial charge in [-0.2, -0.15) is 5.26 Å². The lowest BCUT2D eigenvalue weighted by molar-refractivity contribution is -0.150. The van der Waals surface area contributed by atoms with Crippen molar-refractivity contribution in [3.8, 4) is 6.07 Å². The molecule has 1 unspecified atom stereocenters. The molecule has 4 heteroatoms. The van der Waals surface area contributed by atoms with Crippen molar-refractivity contribution < 1.29 is 14.6 Å². The van der Waals surface area contributed by atoms with E-state index in [4.69, 9.17) is 15.1 Å². The highest BCUT2D eigenvalue weighted by Gasteiger charge is 2.37. The summed E-state index contributed by atoms with van der Waals surface area (Å²) < 4.78 is 5.05. The Kier molecular flexibility index (Phi) is 4.87. The summed E-state index contributed by atoms with van der Waals surface area (Å²) >= 11 is 0. The second-order valence-corrected chi connectivity index (χ2v) is 4.18. The van der Waals surface area contributed by atoms with Gasteiger partial charge in [-0.05, 0) is 31.9 Å². The molecular formula is C14H17NO3. The zero-order chi connectivity index (χ0) is 13.6. The van der Waals surface area contributed by atoms with Gasteiger partial charge in [-0.15, -0.1) is 0 Å². The Morgan fingerprint density at radius 2 is 2.17 bits per heavy atom. The van der Waals surface area contributed by atoms with Crippen LogP contribution in [-0.4, -0.2) is 24.3 Å². The molecule has 18 heavy (non-hydrogen) atoms. The summed E-state index contributed by atoms with van der Waals surface area (Å²) in [6, 6.07) is 8.96. The number of aliphatic hydroxyl groups excluding tert-OH is 1. The molecule has 0 bridgehead atoms. The van der Waals surface area contributed by atoms with Crippen LogP contribution in [0.3, 0.4) is 0 Å². The number of aliphatic hydroxyl groups is 1. The predicted molar refractivity (Wildman–Crippen MR) is 66.8 cm³/mol. The fourth-order valence-electron chi connectivity index (χ4n) is 1.92. The van der Waals surface area contributed by atoms with Crippen molar-refractivity contribution in [2.24, 2.45) is 0 Å². The Morgan fingerprint density at radius 3 is 2.72 bits per heavy atom. The molecule has 0 aliphatic rings. The first-order valence-corrected chi connectivity index (χ1v) is 5.87. The van der Waals surface area contributed by atoms with Crippen LogP contribution in [0.25, 0.3) is 0 Å². The van der Waals surface area contributed by atoms with E-state index in [0.717, 1.165) is 0 Å². The predicted octanol–water partition coefficient (Wildman–Crippen LogP) is 1.76. The number of hydrogen-bond donors (Lipinski definition) is 1. The smallest absolute Gasteiger partial charge is 0.316 e. The van der Waals surface area contributed by atoms with Crippen LogP contribution in [0, 0.1) is 11.3 Å². The van der Waals surface area contributed by atoms with E-state index in [1.54, 1.807) is 38.1 Å². The zero-order valence-electron chi connectivity index (χ0n) is 10.6. The first kappa shape index (κ1) is 14.2. The maximum absolute atomic E-state index is 12.1. The molecule has 96 valence electrons. The van der Waals surface area contributed by atoms with Gasteiger partial charge >= 0.3 is 5.97 Å². The molecule has 0 aliphatic carbocycles. The maximum Gasteiger partial charge on any atom is 0.316 e. The number of hydrogen-bond acceptors (Lipinski definition) is 4. The molecule has 1 N–H and O–H groups in total. The summed E-state index contributed by atoms with van der Waals surface area (Å²) in [6.07, 6.45) is 0.227. The van der Waals surface area contributed by atoms with E-state index < -0.39 is 11.4 Å². The van der Waals surface area contributed by atoms with Gasteiger partial charge in [0.1, 0.15) is 0 Å². The van der Waals surface area contributed by atoms with Crippen molar-refractivity contribution in [3.05, 3.63) is 35.4 Å². The largest absolute Gasteiger partial charge is 0.465 e. The normalized spacial score (nSPS) is 13.4. The Balaban J connectivity index is 3.27. The standard InChI is InChI=1S/C14H17NO3/c1-3-18-13(17)14(2,8-9-16)12-7-5-4-6-11(12)10-15/h4-7,16H,3,8-9H2,1-2H3. The molecule has 0 radical (unpaired) electrons. The number of rotatable bonds is 5. The molecule has 1 aromatic rings. The number of carbonyl (C=O) groups excluding carboxylic acids is 1. The van der Waals surface area contributed by atoms with E-state index in [-0.39, 0.29) is 19.6 Å². The van der Waals surface area contributed by atoms with Crippen LogP contribution in [-0.2, 0) is 14.9 Å². The minimum absolute atomic E-state index is 0.144. The van der Waals surface area contributed by atoms with Crippen LogP contribution < -0.4 is 0 Å². The van der Waals surface area contributed by atoms with Gasteiger partial charge in [-0.1, -0.05) is 18.2 Å². The second kappa shape index (κ2) is 6.18. The summed E-state index contributed by atoms with van der Waals surface area (Å²) in [5.74, 6) is -0.415. The number of nitrogens with zero attached hydrogens (tertiary/aromatic N) is 1. The number of carbonyl (C=O) groups is 1. The quantitative estimate of drug-likeness (QED) is 0.805. The van der Waals surface area contributed by atoms with Crippen LogP contribution in [0.1, 0.15) is 31.4 Å². The van der Waals surface area contributed by atoms with Gasteiger partial charge < -0.3 is 9.84 Å². The number of ether oxygens (including phenoxy) is 1. The average molecular weight is 247 g/mol. The van der Waals surface area contributed by atoms with Gasteiger partial charge in [0, 0.05) is 6.61 Å². The van der Waals surface area contributed by atoms with Gasteiger partial charge in [0.2, 0.25) is 0 Å². The first-order valence-electron chi connectivity index (χ1n) is 5.87. The fourth-order valence-corrected chi connectivity index (χ4v) is 1.92. The Bertz CT molecular complexity index is 464. The summed E-state index contributed by atoms with van der Waals surface area (Å²) in [5.41, 5.74) is 0.0402. The van der Waals surface area contributed by atoms with Crippen LogP contribution in [0.4, 0.5) is 0 Å². The topological polar surface area (TPSA) is 70.3 Å². The molecular weight excluding hydrogens is 230 g/mol. The second-order valence-electron chi connectivity index (χ2n) is 4.18. The van der Waals surface area contributed by atoms with Crippen LogP contribution >= 0.6 is 0 Å². The van der Waals surface area contributed by atoms with Gasteiger partial charge in [0.05, 0.1) is 23.7 Å². The van der Waals surface area contributed by atoms with E-state index >= 15 is 0 Å². The van der Waals surface area contributed by atoms with E-state index in [2.05, 4.69) is 6.07 Å². The maximum atomic E-state index is 12.1. The third-order valence-electron chi connectivity index (χ3n) is 2.98. The highest BCUT2D eigenvalue weighted by molar-refractivity contribution is 5.83. The highest BCUT2D eigenvalue weighted by Crippen LogP contribution is 2.31. The minimum atomic E-state index is -0.989. The molecule has 1 rings (SSSR count). The SMILES string of the molecule is CCOC(=O)C(C)(CCO)c1ccccc1C#N. The van der Waals surface area contributed by atoms with E-state index in [1.807, 2.05) is 0 Å². The van der Waals surface area contributed by atoms with Crippen LogP contribution in [0.15, 0.2) is 24.3 Å². The lowest BCUT2D eigenvalue weighted by Crippen LogP contribution is -2.36. The van der Waals surface area contributed by atoms with Gasteiger partial charge in [-0.3, -0.25) is 4.79 Å². The summed E-state index contributed by atoms with van der Waals surface area (Å²) in [4.78, 5) is 12.1. The highest BCUT2D eigenvalue weighted by atomic mass is 16.5. The molecule has 0 saturated carbocycles. The monoisotopic (exact) mass is 247 g/mol. The van der Waals surface area contributed by atoms with Crippen molar-refractivity contribution in [1.82, 2.24) is 0 Å². The molecule has 0 saturated heterocycles. The Morgan fingerprint density at radius 1 is 1.50 bits per heavy atom. The van der Waals surface area contributed by atoms with Crippen molar-refractivity contribution in [1.29, 1.82) is 5.26 Å². The summed E-state index contributed by atoms with van der Waals surface area (Å²) in [6.45, 7) is 3.55. The van der Waals surface area contributed by atoms with Crippen LogP contribution in [0.2, 0.25) is 0 Å². The molecule has 0 aliphatic heterocycles. The third-order valence-corrected chi connectivity index (χ3v) is 2.98. The molecule has 0 fully saturated rings. The molecule has 1 atom stereocenters. The van der Waals surface area contributed by atoms with E-state index in [1.165, 1.54) is 0 Å². The third kappa shape index (κ3) is 2.69. The van der Waals surface area contributed by atoms with Crippen molar-refractivity contribution in [2.75, 3.05) is 13.2 Å². The van der Waals surface area contributed by atoms with E-state index in [0.29, 0.717) is 11.1 Å². The van der Waals surface area contributed by atoms with Gasteiger partial charge in [-0.25, -0.2) is 0 Å². The first-order chi connectivity index (χ1) is 8.60. The van der Waals surface area contributed by atoms with Crippen molar-refractivity contribution in [3.63, 3.8) is 0 Å². The molecule has 1 aromatic carbocycles. The number of benzene rings is 1. The van der Waals surface area contributed by atoms with Gasteiger partial charge in [0.15, 0.2) is 0 Å². The average Bonchev–Trinajstić information content (AvgIpc) is 2.39. The zero-order valence-corrected chi connectivity index (χ0v) is 10.6. The molecule has 0 heterocycles. The van der Waals surface area contributed by atoms with Crippen molar-refractivity contribution >= 4 is 5.97 Å². The van der Waals surface area contributed by atoms with Gasteiger partial charge in [0.25, 0.3) is 0 Å². The fraction of sp³-hybridized carbons (Fsp3) is 0.429. The molecule has 0 aromatic heterocycles. The lowest BCUT2D eigenvalue weighted by Gasteiger charge is -2.27. The lowest BCUT2D eigenvalue weighted by atomic mass is 9.77. The Labute approximate surface area is 107 Å². The molecule has 4 nitrogen and oxygen atoms in total. The number of esters is 1. The molecule has 0 amide bonds. The number of nitriles is 1. The molecule has 0 spiro atoms. The van der Waals surface area contributed by atoms with E-state index in [9.17, 15) is 4.79 Å². The summed E-state index contributed by atoms with van der Waals surface area (Å²) in [5, 5.41) is 18.3. The Hall–Kier alpha value is -1.86. The minimum Gasteiger partial charge on any atom is -0.465 e. The summed E-state index contributed by atoms with van der Waals surface area (Å²) in [7, 11) is 0.